The average molecular weight is 502 g/mol. The van der Waals surface area contributed by atoms with Gasteiger partial charge >= 0.3 is 0 Å². The van der Waals surface area contributed by atoms with Crippen LogP contribution in [0.1, 0.15) is 37.5 Å². The van der Waals surface area contributed by atoms with Crippen LogP contribution in [0.25, 0.3) is 0 Å². The van der Waals surface area contributed by atoms with Crippen molar-refractivity contribution in [3.8, 4) is 0 Å². The van der Waals surface area contributed by atoms with Gasteiger partial charge in [0.25, 0.3) is 0 Å². The highest BCUT2D eigenvalue weighted by molar-refractivity contribution is 8.01. The SMILES string of the molecule is CC(=O)Nc1ccc(NC(=O)CSc2nnc(NC(=O)C3(c4cccs4)CCCC3)s2)cc1. The van der Waals surface area contributed by atoms with Crippen LogP contribution in [0.15, 0.2) is 46.1 Å². The largest absolute Gasteiger partial charge is 0.326 e. The number of hydrogen-bond acceptors (Lipinski definition) is 8. The second-order valence-electron chi connectivity index (χ2n) is 7.69. The fourth-order valence-electron chi connectivity index (χ4n) is 3.81. The molecule has 3 aromatic rings. The number of rotatable bonds is 8. The number of thiophene rings is 1. The van der Waals surface area contributed by atoms with Gasteiger partial charge in [0.15, 0.2) is 4.34 Å². The second-order valence-corrected chi connectivity index (χ2v) is 10.8. The van der Waals surface area contributed by atoms with E-state index in [0.29, 0.717) is 20.8 Å². The Bertz CT molecular complexity index is 1120. The standard InChI is InChI=1S/C22H23N5O3S3/c1-14(28)23-15-6-8-16(9-7-15)24-18(29)13-32-21-27-26-20(33-21)25-19(30)22(10-2-3-11-22)17-5-4-12-31-17/h4-9,12H,2-3,10-11,13H2,1H3,(H,23,28)(H,24,29)(H,25,26,30). The molecule has 2 heterocycles. The molecule has 8 nitrogen and oxygen atoms in total. The van der Waals surface area contributed by atoms with Gasteiger partial charge in [0.1, 0.15) is 0 Å². The molecule has 0 unspecified atom stereocenters. The van der Waals surface area contributed by atoms with Crippen molar-refractivity contribution in [2.24, 2.45) is 0 Å². The Morgan fingerprint density at radius 2 is 1.70 bits per heavy atom. The highest BCUT2D eigenvalue weighted by atomic mass is 32.2. The Morgan fingerprint density at radius 3 is 2.33 bits per heavy atom. The van der Waals surface area contributed by atoms with E-state index in [9.17, 15) is 14.4 Å². The highest BCUT2D eigenvalue weighted by Gasteiger charge is 2.43. The van der Waals surface area contributed by atoms with Crippen molar-refractivity contribution in [2.45, 2.75) is 42.4 Å². The molecule has 0 radical (unpaired) electrons. The van der Waals surface area contributed by atoms with Crippen LogP contribution in [-0.4, -0.2) is 33.7 Å². The van der Waals surface area contributed by atoms with Crippen molar-refractivity contribution in [3.05, 3.63) is 46.7 Å². The van der Waals surface area contributed by atoms with E-state index in [4.69, 9.17) is 0 Å². The number of carbonyl (C=O) groups is 3. The number of hydrogen-bond donors (Lipinski definition) is 3. The first kappa shape index (κ1) is 23.4. The average Bonchev–Trinajstić information content (AvgIpc) is 3.55. The van der Waals surface area contributed by atoms with Gasteiger partial charge in [0.2, 0.25) is 22.9 Å². The summed E-state index contributed by atoms with van der Waals surface area (Å²) in [5.74, 6) is -0.207. The molecule has 1 saturated carbocycles. The summed E-state index contributed by atoms with van der Waals surface area (Å²) in [7, 11) is 0. The topological polar surface area (TPSA) is 113 Å². The summed E-state index contributed by atoms with van der Waals surface area (Å²) in [5, 5.41) is 19.1. The number of benzene rings is 1. The van der Waals surface area contributed by atoms with Crippen LogP contribution < -0.4 is 16.0 Å². The lowest BCUT2D eigenvalue weighted by molar-refractivity contribution is -0.121. The maximum absolute atomic E-state index is 13.1. The predicted octanol–water partition coefficient (Wildman–Crippen LogP) is 4.74. The molecule has 1 aliphatic carbocycles. The molecule has 11 heteroatoms. The van der Waals surface area contributed by atoms with Gasteiger partial charge in [0.05, 0.1) is 11.2 Å². The number of aromatic nitrogens is 2. The summed E-state index contributed by atoms with van der Waals surface area (Å²) in [6, 6.07) is 10.9. The fraction of sp³-hybridized carbons (Fsp3) is 0.318. The molecule has 0 bridgehead atoms. The Balaban J connectivity index is 1.29. The first-order valence-electron chi connectivity index (χ1n) is 10.4. The Kier molecular flexibility index (Phi) is 7.41. The minimum absolute atomic E-state index is 0.0318. The van der Waals surface area contributed by atoms with E-state index in [1.807, 2.05) is 17.5 Å². The van der Waals surface area contributed by atoms with Gasteiger partial charge in [-0.05, 0) is 48.6 Å². The van der Waals surface area contributed by atoms with Crippen LogP contribution in [0.4, 0.5) is 16.5 Å². The van der Waals surface area contributed by atoms with E-state index in [1.54, 1.807) is 35.6 Å². The molecule has 3 N–H and O–H groups in total. The summed E-state index contributed by atoms with van der Waals surface area (Å²) < 4.78 is 0.609. The number of anilines is 3. The fourth-order valence-corrected chi connectivity index (χ4v) is 6.34. The van der Waals surface area contributed by atoms with Crippen LogP contribution in [0.3, 0.4) is 0 Å². The van der Waals surface area contributed by atoms with Crippen LogP contribution in [0.5, 0.6) is 0 Å². The maximum atomic E-state index is 13.1. The quantitative estimate of drug-likeness (QED) is 0.304. The van der Waals surface area contributed by atoms with Gasteiger partial charge in [-0.1, -0.05) is 42.0 Å². The van der Waals surface area contributed by atoms with Crippen molar-refractivity contribution in [3.63, 3.8) is 0 Å². The molecule has 0 atom stereocenters. The minimum atomic E-state index is -0.484. The summed E-state index contributed by atoms with van der Waals surface area (Å²) in [6.45, 7) is 1.44. The molecular weight excluding hydrogens is 478 g/mol. The second kappa shape index (κ2) is 10.4. The molecule has 0 aliphatic heterocycles. The third kappa shape index (κ3) is 5.79. The zero-order valence-corrected chi connectivity index (χ0v) is 20.4. The molecule has 1 aromatic carbocycles. The van der Waals surface area contributed by atoms with Crippen LogP contribution >= 0.6 is 34.4 Å². The first-order valence-corrected chi connectivity index (χ1v) is 13.1. The zero-order valence-electron chi connectivity index (χ0n) is 17.9. The van der Waals surface area contributed by atoms with Crippen molar-refractivity contribution in [2.75, 3.05) is 21.7 Å². The van der Waals surface area contributed by atoms with Crippen molar-refractivity contribution in [1.29, 1.82) is 0 Å². The number of amides is 3. The first-order chi connectivity index (χ1) is 15.9. The number of nitrogens with one attached hydrogen (secondary N) is 3. The normalized spacial score (nSPS) is 14.6. The van der Waals surface area contributed by atoms with Crippen LogP contribution in [0.2, 0.25) is 0 Å². The Hall–Kier alpha value is -2.76. The Morgan fingerprint density at radius 1 is 1.00 bits per heavy atom. The van der Waals surface area contributed by atoms with Crippen molar-refractivity contribution >= 4 is 68.7 Å². The summed E-state index contributed by atoms with van der Waals surface area (Å²) in [6.07, 6.45) is 3.75. The molecule has 33 heavy (non-hydrogen) atoms. The molecule has 172 valence electrons. The lowest BCUT2D eigenvalue weighted by Gasteiger charge is -2.25. The molecular formula is C22H23N5O3S3. The van der Waals surface area contributed by atoms with Gasteiger partial charge in [-0.3, -0.25) is 19.7 Å². The van der Waals surface area contributed by atoms with Gasteiger partial charge in [-0.15, -0.1) is 21.5 Å². The number of carbonyl (C=O) groups excluding carboxylic acids is 3. The lowest BCUT2D eigenvalue weighted by atomic mass is 9.83. The maximum Gasteiger partial charge on any atom is 0.237 e. The van der Waals surface area contributed by atoms with E-state index in [1.165, 1.54) is 30.0 Å². The molecule has 2 aromatic heterocycles. The molecule has 1 fully saturated rings. The lowest BCUT2D eigenvalue weighted by Crippen LogP contribution is -2.37. The highest BCUT2D eigenvalue weighted by Crippen LogP contribution is 2.44. The van der Waals surface area contributed by atoms with Crippen molar-refractivity contribution < 1.29 is 14.4 Å². The molecule has 4 rings (SSSR count). The van der Waals surface area contributed by atoms with E-state index < -0.39 is 5.41 Å². The van der Waals surface area contributed by atoms with Gasteiger partial charge in [0, 0.05) is 23.2 Å². The van der Waals surface area contributed by atoms with Gasteiger partial charge in [-0.25, -0.2) is 0 Å². The third-order valence-corrected chi connectivity index (χ3v) is 8.37. The van der Waals surface area contributed by atoms with E-state index in [0.717, 1.165) is 30.6 Å². The smallest absolute Gasteiger partial charge is 0.237 e. The van der Waals surface area contributed by atoms with E-state index in [2.05, 4.69) is 26.1 Å². The van der Waals surface area contributed by atoms with Crippen molar-refractivity contribution in [1.82, 2.24) is 10.2 Å². The van der Waals surface area contributed by atoms with E-state index in [-0.39, 0.29) is 23.5 Å². The minimum Gasteiger partial charge on any atom is -0.326 e. The van der Waals surface area contributed by atoms with Crippen LogP contribution in [0, 0.1) is 0 Å². The molecule has 0 saturated heterocycles. The molecule has 1 aliphatic rings. The third-order valence-electron chi connectivity index (χ3n) is 5.33. The Labute approximate surface area is 203 Å². The number of thioether (sulfide) groups is 1. The van der Waals surface area contributed by atoms with E-state index >= 15 is 0 Å². The van der Waals surface area contributed by atoms with Crippen LogP contribution in [-0.2, 0) is 19.8 Å². The summed E-state index contributed by atoms with van der Waals surface area (Å²) >= 11 is 4.14. The monoisotopic (exact) mass is 501 g/mol. The van der Waals surface area contributed by atoms with Gasteiger partial charge < -0.3 is 10.6 Å². The summed E-state index contributed by atoms with van der Waals surface area (Å²) in [4.78, 5) is 37.6. The molecule has 0 spiro atoms. The number of nitrogens with zero attached hydrogens (tertiary/aromatic N) is 2. The summed E-state index contributed by atoms with van der Waals surface area (Å²) in [5.41, 5.74) is 0.815. The van der Waals surface area contributed by atoms with Gasteiger partial charge in [-0.2, -0.15) is 0 Å². The molecule has 3 amide bonds. The zero-order chi connectivity index (χ0) is 23.3. The predicted molar refractivity (Wildman–Crippen MR) is 133 cm³/mol.